The van der Waals surface area contributed by atoms with E-state index >= 15 is 0 Å². The monoisotopic (exact) mass is 461 g/mol. The van der Waals surface area contributed by atoms with Gasteiger partial charge < -0.3 is 15.4 Å². The lowest BCUT2D eigenvalue weighted by atomic mass is 10.1. The van der Waals surface area contributed by atoms with E-state index in [9.17, 15) is 18.0 Å². The van der Waals surface area contributed by atoms with Crippen molar-refractivity contribution in [1.82, 2.24) is 9.62 Å². The lowest BCUT2D eigenvalue weighted by molar-refractivity contribution is -0.116. The molecule has 0 aliphatic heterocycles. The van der Waals surface area contributed by atoms with E-state index in [2.05, 4.69) is 10.6 Å². The van der Waals surface area contributed by atoms with Crippen LogP contribution in [0.4, 0.5) is 5.69 Å². The number of nitrogens with zero attached hydrogens (tertiary/aromatic N) is 1. The summed E-state index contributed by atoms with van der Waals surface area (Å²) in [6.07, 6.45) is 0.346. The SMILES string of the molecule is COc1ccc(S(=O)(=O)N(C)C)cc1CCC(=O)Nc1ccccc1C(=O)NC(C)(C)C. The smallest absolute Gasteiger partial charge is 0.253 e. The van der Waals surface area contributed by atoms with Gasteiger partial charge in [-0.25, -0.2) is 12.7 Å². The van der Waals surface area contributed by atoms with Gasteiger partial charge in [0.25, 0.3) is 5.91 Å². The van der Waals surface area contributed by atoms with Crippen molar-refractivity contribution in [1.29, 1.82) is 0 Å². The molecule has 0 heterocycles. The average Bonchev–Trinajstić information content (AvgIpc) is 2.71. The van der Waals surface area contributed by atoms with Gasteiger partial charge in [0.05, 0.1) is 23.3 Å². The maximum absolute atomic E-state index is 12.6. The number of sulfonamides is 1. The summed E-state index contributed by atoms with van der Waals surface area (Å²) >= 11 is 0. The minimum atomic E-state index is -3.61. The Morgan fingerprint density at radius 3 is 2.31 bits per heavy atom. The van der Waals surface area contributed by atoms with Gasteiger partial charge in [0.2, 0.25) is 15.9 Å². The first-order valence-electron chi connectivity index (χ1n) is 10.2. The fraction of sp³-hybridized carbons (Fsp3) is 0.391. The van der Waals surface area contributed by atoms with Crippen LogP contribution in [0.3, 0.4) is 0 Å². The normalized spacial score (nSPS) is 11.8. The molecular weight excluding hydrogens is 430 g/mol. The maximum atomic E-state index is 12.6. The molecule has 0 aliphatic rings. The molecule has 8 nitrogen and oxygen atoms in total. The Kier molecular flexibility index (Phi) is 8.03. The minimum absolute atomic E-state index is 0.0804. The van der Waals surface area contributed by atoms with E-state index in [1.54, 1.807) is 30.3 Å². The number of rotatable bonds is 8. The molecule has 0 aromatic heterocycles. The second kappa shape index (κ2) is 10.1. The van der Waals surface area contributed by atoms with Gasteiger partial charge in [0.1, 0.15) is 5.75 Å². The summed E-state index contributed by atoms with van der Waals surface area (Å²) in [7, 11) is 0.797. The molecule has 2 aromatic rings. The summed E-state index contributed by atoms with van der Waals surface area (Å²) in [4.78, 5) is 25.3. The maximum Gasteiger partial charge on any atom is 0.253 e. The van der Waals surface area contributed by atoms with Crippen LogP contribution >= 0.6 is 0 Å². The molecule has 0 saturated heterocycles. The molecule has 2 aromatic carbocycles. The summed E-state index contributed by atoms with van der Waals surface area (Å²) < 4.78 is 31.3. The molecule has 2 rings (SSSR count). The van der Waals surface area contributed by atoms with Crippen molar-refractivity contribution in [3.05, 3.63) is 53.6 Å². The van der Waals surface area contributed by atoms with Gasteiger partial charge in [0.15, 0.2) is 0 Å². The van der Waals surface area contributed by atoms with Crippen LogP contribution in [-0.4, -0.2) is 51.3 Å². The molecule has 0 bridgehead atoms. The molecule has 2 amide bonds. The van der Waals surface area contributed by atoms with E-state index in [1.807, 2.05) is 20.8 Å². The first kappa shape index (κ1) is 25.4. The van der Waals surface area contributed by atoms with Crippen LogP contribution in [0.15, 0.2) is 47.4 Å². The minimum Gasteiger partial charge on any atom is -0.496 e. The number of benzene rings is 2. The standard InChI is InChI=1S/C23H31N3O5S/c1-23(2,3)25-22(28)18-9-7-8-10-19(18)24-21(27)14-11-16-15-17(12-13-20(16)31-6)32(29,30)26(4)5/h7-10,12-13,15H,11,14H2,1-6H3,(H,24,27)(H,25,28). The number of para-hydroxylation sites is 1. The van der Waals surface area contributed by atoms with Crippen molar-refractivity contribution >= 4 is 27.5 Å². The molecule has 32 heavy (non-hydrogen) atoms. The first-order chi connectivity index (χ1) is 14.8. The highest BCUT2D eigenvalue weighted by Gasteiger charge is 2.21. The average molecular weight is 462 g/mol. The molecule has 0 unspecified atom stereocenters. The van der Waals surface area contributed by atoms with Gasteiger partial charge in [0, 0.05) is 26.1 Å². The Labute approximate surface area is 190 Å². The van der Waals surface area contributed by atoms with Crippen molar-refractivity contribution in [3.8, 4) is 5.75 Å². The fourth-order valence-corrected chi connectivity index (χ4v) is 3.93. The van der Waals surface area contributed by atoms with E-state index in [4.69, 9.17) is 4.74 Å². The van der Waals surface area contributed by atoms with E-state index in [0.717, 1.165) is 4.31 Å². The zero-order valence-corrected chi connectivity index (χ0v) is 20.2. The number of hydrogen-bond acceptors (Lipinski definition) is 5. The highest BCUT2D eigenvalue weighted by Crippen LogP contribution is 2.25. The molecule has 0 saturated carbocycles. The molecule has 0 atom stereocenters. The molecule has 0 spiro atoms. The van der Waals surface area contributed by atoms with E-state index in [-0.39, 0.29) is 29.6 Å². The number of amides is 2. The van der Waals surface area contributed by atoms with Gasteiger partial charge in [-0.1, -0.05) is 12.1 Å². The van der Waals surface area contributed by atoms with Gasteiger partial charge in [-0.05, 0) is 63.1 Å². The fourth-order valence-electron chi connectivity index (χ4n) is 2.98. The number of carbonyl (C=O) groups excluding carboxylic acids is 2. The number of nitrogens with one attached hydrogen (secondary N) is 2. The highest BCUT2D eigenvalue weighted by molar-refractivity contribution is 7.89. The Hall–Kier alpha value is -2.91. The largest absolute Gasteiger partial charge is 0.496 e. The van der Waals surface area contributed by atoms with Gasteiger partial charge in [-0.15, -0.1) is 0 Å². The van der Waals surface area contributed by atoms with Gasteiger partial charge in [-0.3, -0.25) is 9.59 Å². The molecule has 0 fully saturated rings. The lowest BCUT2D eigenvalue weighted by Crippen LogP contribution is -2.40. The molecule has 2 N–H and O–H groups in total. The van der Waals surface area contributed by atoms with Crippen molar-refractivity contribution < 1.29 is 22.7 Å². The third kappa shape index (κ3) is 6.54. The molecule has 9 heteroatoms. The van der Waals surface area contributed by atoms with E-state index in [0.29, 0.717) is 22.6 Å². The predicted molar refractivity (Wildman–Crippen MR) is 124 cm³/mol. The van der Waals surface area contributed by atoms with Crippen LogP contribution < -0.4 is 15.4 Å². The summed E-state index contributed by atoms with van der Waals surface area (Å²) in [5.41, 5.74) is 0.967. The molecule has 174 valence electrons. The van der Waals surface area contributed by atoms with Crippen LogP contribution in [-0.2, 0) is 21.2 Å². The second-order valence-corrected chi connectivity index (χ2v) is 10.7. The second-order valence-electron chi connectivity index (χ2n) is 8.56. The van der Waals surface area contributed by atoms with Crippen molar-refractivity contribution in [2.24, 2.45) is 0 Å². The van der Waals surface area contributed by atoms with Gasteiger partial charge >= 0.3 is 0 Å². The number of hydrogen-bond donors (Lipinski definition) is 2. The third-order valence-corrected chi connectivity index (χ3v) is 6.40. The van der Waals surface area contributed by atoms with E-state index < -0.39 is 15.6 Å². The summed E-state index contributed by atoms with van der Waals surface area (Å²) in [5.74, 6) is -0.0824. The lowest BCUT2D eigenvalue weighted by Gasteiger charge is -2.21. The van der Waals surface area contributed by atoms with Crippen LogP contribution in [0.2, 0.25) is 0 Å². The topological polar surface area (TPSA) is 105 Å². The summed E-state index contributed by atoms with van der Waals surface area (Å²) in [5, 5.41) is 5.66. The zero-order chi connectivity index (χ0) is 24.1. The Morgan fingerprint density at radius 1 is 1.06 bits per heavy atom. The summed E-state index contributed by atoms with van der Waals surface area (Å²) in [6.45, 7) is 5.64. The quantitative estimate of drug-likeness (QED) is 0.629. The Balaban J connectivity index is 2.17. The van der Waals surface area contributed by atoms with Gasteiger partial charge in [-0.2, -0.15) is 0 Å². The predicted octanol–water partition coefficient (Wildman–Crippen LogP) is 3.05. The van der Waals surface area contributed by atoms with Crippen molar-refractivity contribution in [2.45, 2.75) is 44.0 Å². The third-order valence-electron chi connectivity index (χ3n) is 4.59. The van der Waals surface area contributed by atoms with Crippen molar-refractivity contribution in [2.75, 3.05) is 26.5 Å². The number of carbonyl (C=O) groups is 2. The highest BCUT2D eigenvalue weighted by atomic mass is 32.2. The molecular formula is C23H31N3O5S. The number of ether oxygens (including phenoxy) is 1. The molecule has 0 aliphatic carbocycles. The Morgan fingerprint density at radius 2 is 1.72 bits per heavy atom. The number of methoxy groups -OCH3 is 1. The van der Waals surface area contributed by atoms with Crippen LogP contribution in [0.1, 0.15) is 43.1 Å². The first-order valence-corrected chi connectivity index (χ1v) is 11.6. The zero-order valence-electron chi connectivity index (χ0n) is 19.4. The number of anilines is 1. The summed E-state index contributed by atoms with van der Waals surface area (Å²) in [6, 6.07) is 11.4. The number of aryl methyl sites for hydroxylation is 1. The van der Waals surface area contributed by atoms with Crippen LogP contribution in [0, 0.1) is 0 Å². The van der Waals surface area contributed by atoms with Crippen molar-refractivity contribution in [3.63, 3.8) is 0 Å². The van der Waals surface area contributed by atoms with Crippen LogP contribution in [0.25, 0.3) is 0 Å². The molecule has 0 radical (unpaired) electrons. The Bertz CT molecular complexity index is 1090. The van der Waals surface area contributed by atoms with Crippen LogP contribution in [0.5, 0.6) is 5.75 Å². The van der Waals surface area contributed by atoms with E-state index in [1.165, 1.54) is 33.3 Å².